The van der Waals surface area contributed by atoms with Gasteiger partial charge < -0.3 is 14.5 Å². The summed E-state index contributed by atoms with van der Waals surface area (Å²) in [7, 11) is 0. The Morgan fingerprint density at radius 2 is 1.55 bits per heavy atom. The van der Waals surface area contributed by atoms with Gasteiger partial charge in [-0.05, 0) is 42.7 Å². The summed E-state index contributed by atoms with van der Waals surface area (Å²) in [5, 5.41) is 0. The monoisotopic (exact) mass is 423 g/mol. The van der Waals surface area contributed by atoms with Crippen molar-refractivity contribution in [1.29, 1.82) is 0 Å². The number of ether oxygens (including phenoxy) is 1. The van der Waals surface area contributed by atoms with Gasteiger partial charge in [-0.15, -0.1) is 0 Å². The summed E-state index contributed by atoms with van der Waals surface area (Å²) in [5.74, 6) is 0.0719. The van der Waals surface area contributed by atoms with Crippen LogP contribution in [0.1, 0.15) is 18.4 Å². The molecule has 3 saturated heterocycles. The zero-order valence-corrected chi connectivity index (χ0v) is 17.9. The van der Waals surface area contributed by atoms with Gasteiger partial charge in [-0.2, -0.15) is 0 Å². The molecule has 2 aromatic carbocycles. The highest BCUT2D eigenvalue weighted by atomic mass is 19.1. The number of amides is 1. The van der Waals surface area contributed by atoms with Gasteiger partial charge in [0.15, 0.2) is 0 Å². The van der Waals surface area contributed by atoms with Crippen LogP contribution >= 0.6 is 0 Å². The van der Waals surface area contributed by atoms with Gasteiger partial charge in [0.1, 0.15) is 5.82 Å². The molecule has 3 aliphatic rings. The molecule has 0 bridgehead atoms. The maximum Gasteiger partial charge on any atom is 0.233 e. The Kier molecular flexibility index (Phi) is 5.67. The van der Waals surface area contributed by atoms with Crippen LogP contribution in [0.3, 0.4) is 0 Å². The van der Waals surface area contributed by atoms with Crippen LogP contribution in [0.15, 0.2) is 54.6 Å². The number of halogens is 1. The first-order chi connectivity index (χ1) is 15.2. The normalized spacial score (nSPS) is 22.2. The first-order valence-electron chi connectivity index (χ1n) is 11.3. The Labute approximate surface area is 183 Å². The van der Waals surface area contributed by atoms with E-state index in [2.05, 4.69) is 26.8 Å². The molecule has 6 heteroatoms. The van der Waals surface area contributed by atoms with Crippen molar-refractivity contribution in [3.8, 4) is 0 Å². The van der Waals surface area contributed by atoms with Crippen molar-refractivity contribution in [3.05, 3.63) is 66.0 Å². The highest BCUT2D eigenvalue weighted by molar-refractivity contribution is 5.89. The lowest BCUT2D eigenvalue weighted by molar-refractivity contribution is -0.149. The van der Waals surface area contributed by atoms with Crippen LogP contribution in [0.2, 0.25) is 0 Å². The van der Waals surface area contributed by atoms with E-state index in [0.29, 0.717) is 19.3 Å². The molecule has 0 atom stereocenters. The molecule has 1 amide bonds. The Morgan fingerprint density at radius 1 is 0.903 bits per heavy atom. The van der Waals surface area contributed by atoms with Crippen LogP contribution in [0.25, 0.3) is 0 Å². The van der Waals surface area contributed by atoms with Crippen molar-refractivity contribution in [2.45, 2.75) is 24.3 Å². The molecule has 0 aliphatic carbocycles. The van der Waals surface area contributed by atoms with Crippen molar-refractivity contribution < 1.29 is 13.9 Å². The number of benzene rings is 2. The lowest BCUT2D eigenvalue weighted by Gasteiger charge is -2.51. The van der Waals surface area contributed by atoms with Crippen LogP contribution < -0.4 is 4.90 Å². The number of anilines is 1. The fourth-order valence-corrected chi connectivity index (χ4v) is 5.25. The number of rotatable bonds is 4. The molecule has 0 N–H and O–H groups in total. The van der Waals surface area contributed by atoms with Crippen molar-refractivity contribution in [2.75, 3.05) is 57.4 Å². The van der Waals surface area contributed by atoms with E-state index in [9.17, 15) is 9.18 Å². The van der Waals surface area contributed by atoms with Crippen molar-refractivity contribution in [3.63, 3.8) is 0 Å². The highest BCUT2D eigenvalue weighted by Crippen LogP contribution is 2.38. The number of piperazine rings is 1. The van der Waals surface area contributed by atoms with Gasteiger partial charge in [0.05, 0.1) is 5.41 Å². The van der Waals surface area contributed by atoms with Crippen LogP contribution in [-0.2, 0) is 14.9 Å². The minimum absolute atomic E-state index is 0.195. The summed E-state index contributed by atoms with van der Waals surface area (Å²) in [6, 6.07) is 17.4. The van der Waals surface area contributed by atoms with E-state index in [4.69, 9.17) is 4.74 Å². The fourth-order valence-electron chi connectivity index (χ4n) is 5.25. The van der Waals surface area contributed by atoms with Gasteiger partial charge in [-0.1, -0.05) is 30.3 Å². The third-order valence-corrected chi connectivity index (χ3v) is 7.25. The lowest BCUT2D eigenvalue weighted by Crippen LogP contribution is -2.67. The van der Waals surface area contributed by atoms with E-state index < -0.39 is 5.41 Å². The molecule has 5 nitrogen and oxygen atoms in total. The van der Waals surface area contributed by atoms with Crippen LogP contribution in [-0.4, -0.2) is 74.2 Å². The Hall–Kier alpha value is -2.44. The van der Waals surface area contributed by atoms with Crippen molar-refractivity contribution >= 4 is 11.6 Å². The summed E-state index contributed by atoms with van der Waals surface area (Å²) in [5.41, 5.74) is 1.77. The van der Waals surface area contributed by atoms with E-state index in [-0.39, 0.29) is 11.7 Å². The quantitative estimate of drug-likeness (QED) is 0.758. The van der Waals surface area contributed by atoms with E-state index in [0.717, 1.165) is 63.4 Å². The predicted molar refractivity (Wildman–Crippen MR) is 119 cm³/mol. The second-order valence-corrected chi connectivity index (χ2v) is 8.92. The molecule has 3 heterocycles. The maximum atomic E-state index is 13.6. The Balaban J connectivity index is 1.19. The summed E-state index contributed by atoms with van der Waals surface area (Å²) < 4.78 is 18.8. The smallest absolute Gasteiger partial charge is 0.233 e. The molecule has 0 unspecified atom stereocenters. The first-order valence-corrected chi connectivity index (χ1v) is 11.3. The van der Waals surface area contributed by atoms with Gasteiger partial charge in [0.25, 0.3) is 0 Å². The Bertz CT molecular complexity index is 885. The van der Waals surface area contributed by atoms with Gasteiger partial charge in [0.2, 0.25) is 5.91 Å². The van der Waals surface area contributed by atoms with Gasteiger partial charge in [-0.25, -0.2) is 4.39 Å². The summed E-state index contributed by atoms with van der Waals surface area (Å²) in [6.07, 6.45) is 1.51. The summed E-state index contributed by atoms with van der Waals surface area (Å²) >= 11 is 0. The van der Waals surface area contributed by atoms with E-state index >= 15 is 0 Å². The zero-order valence-electron chi connectivity index (χ0n) is 17.9. The molecule has 2 aromatic rings. The second kappa shape index (κ2) is 8.60. The maximum absolute atomic E-state index is 13.6. The summed E-state index contributed by atoms with van der Waals surface area (Å²) in [6.45, 7) is 6.72. The van der Waals surface area contributed by atoms with E-state index in [1.54, 1.807) is 0 Å². The van der Waals surface area contributed by atoms with Crippen molar-refractivity contribution in [2.24, 2.45) is 0 Å². The largest absolute Gasteiger partial charge is 0.381 e. The summed E-state index contributed by atoms with van der Waals surface area (Å²) in [4.78, 5) is 20.5. The molecular formula is C25H30FN3O2. The van der Waals surface area contributed by atoms with Crippen molar-refractivity contribution in [1.82, 2.24) is 9.80 Å². The first kappa shape index (κ1) is 20.5. The minimum atomic E-state index is -0.439. The number of nitrogens with zero attached hydrogens (tertiary/aromatic N) is 3. The second-order valence-electron chi connectivity index (χ2n) is 8.92. The van der Waals surface area contributed by atoms with Gasteiger partial charge in [0, 0.05) is 64.2 Å². The number of likely N-dealkylation sites (tertiary alicyclic amines) is 1. The third kappa shape index (κ3) is 3.94. The van der Waals surface area contributed by atoms with Crippen LogP contribution in [0.4, 0.5) is 10.1 Å². The van der Waals surface area contributed by atoms with Gasteiger partial charge in [-0.3, -0.25) is 9.69 Å². The Morgan fingerprint density at radius 3 is 2.19 bits per heavy atom. The standard InChI is InChI=1S/C25H30FN3O2/c26-21-6-8-22(9-7-21)27-12-14-28(15-13-27)23-18-29(19-23)24(30)25(10-16-31-17-11-25)20-4-2-1-3-5-20/h1-9,23H,10-19H2. The molecular weight excluding hydrogens is 393 g/mol. The molecule has 164 valence electrons. The number of hydrogen-bond acceptors (Lipinski definition) is 4. The zero-order chi connectivity index (χ0) is 21.3. The molecule has 3 fully saturated rings. The predicted octanol–water partition coefficient (Wildman–Crippen LogP) is 2.91. The van der Waals surface area contributed by atoms with Gasteiger partial charge >= 0.3 is 0 Å². The number of hydrogen-bond donors (Lipinski definition) is 0. The third-order valence-electron chi connectivity index (χ3n) is 7.25. The molecule has 0 aromatic heterocycles. The molecule has 0 saturated carbocycles. The molecule has 0 spiro atoms. The molecule has 3 aliphatic heterocycles. The SMILES string of the molecule is O=C(N1CC(N2CCN(c3ccc(F)cc3)CC2)C1)C1(c2ccccc2)CCOCC1. The van der Waals surface area contributed by atoms with E-state index in [1.807, 2.05) is 30.3 Å². The lowest BCUT2D eigenvalue weighted by atomic mass is 9.72. The number of carbonyl (C=O) groups excluding carboxylic acids is 1. The average Bonchev–Trinajstić information content (AvgIpc) is 2.80. The number of carbonyl (C=O) groups is 1. The molecule has 5 rings (SSSR count). The molecule has 31 heavy (non-hydrogen) atoms. The fraction of sp³-hybridized carbons (Fsp3) is 0.480. The van der Waals surface area contributed by atoms with E-state index in [1.165, 1.54) is 12.1 Å². The highest BCUT2D eigenvalue weighted by Gasteiger charge is 2.47. The van der Waals surface area contributed by atoms with Crippen LogP contribution in [0.5, 0.6) is 0 Å². The molecule has 0 radical (unpaired) electrons. The topological polar surface area (TPSA) is 36.0 Å². The minimum Gasteiger partial charge on any atom is -0.381 e. The van der Waals surface area contributed by atoms with Crippen LogP contribution in [0, 0.1) is 5.82 Å². The average molecular weight is 424 g/mol.